The molecular weight excluding hydrogens is 442 g/mol. The number of nitrogens with one attached hydrogen (secondary N) is 2. The predicted octanol–water partition coefficient (Wildman–Crippen LogP) is 3.91. The summed E-state index contributed by atoms with van der Waals surface area (Å²) in [6.07, 6.45) is 6.21. The van der Waals surface area contributed by atoms with Gasteiger partial charge in [-0.05, 0) is 55.7 Å². The van der Waals surface area contributed by atoms with E-state index in [9.17, 15) is 9.59 Å². The van der Waals surface area contributed by atoms with Gasteiger partial charge < -0.3 is 20.1 Å². The minimum absolute atomic E-state index is 0.00584. The largest absolute Gasteiger partial charge is 0.492 e. The van der Waals surface area contributed by atoms with E-state index in [-0.39, 0.29) is 11.8 Å². The van der Waals surface area contributed by atoms with Gasteiger partial charge in [0, 0.05) is 44.1 Å². The molecule has 2 N–H and O–H groups in total. The van der Waals surface area contributed by atoms with Crippen molar-refractivity contribution >= 4 is 17.5 Å². The van der Waals surface area contributed by atoms with Crippen molar-refractivity contribution in [2.45, 2.75) is 57.6 Å². The standard InChI is InChI=1S/C28H35N3O4/c32-26-11-8-23-24(9-10-25(28(23)30-26)35-19-21-4-2-1-3-5-21)34-17-16-31-14-12-22(13-15-31)29-27(33)18-20-6-7-20/h1-5,9-10,20,22H,6-8,11-19H2,(H,29,33)(H,30,32). The zero-order valence-electron chi connectivity index (χ0n) is 20.3. The lowest BCUT2D eigenvalue weighted by Gasteiger charge is -2.32. The molecule has 0 aromatic heterocycles. The highest BCUT2D eigenvalue weighted by atomic mass is 16.5. The van der Waals surface area contributed by atoms with Crippen LogP contribution >= 0.6 is 0 Å². The van der Waals surface area contributed by atoms with E-state index in [1.165, 1.54) is 12.8 Å². The highest BCUT2D eigenvalue weighted by Gasteiger charge is 2.27. The monoisotopic (exact) mass is 477 g/mol. The first-order valence-electron chi connectivity index (χ1n) is 12.9. The molecule has 0 bridgehead atoms. The summed E-state index contributed by atoms with van der Waals surface area (Å²) in [4.78, 5) is 26.6. The normalized spacial score (nSPS) is 18.5. The molecule has 186 valence electrons. The molecule has 2 aromatic carbocycles. The SMILES string of the molecule is O=C1CCc2c(OCCN3CCC(NC(=O)CC4CC4)CC3)ccc(OCc3ccccc3)c2N1. The van der Waals surface area contributed by atoms with Crippen LogP contribution in [0.5, 0.6) is 11.5 Å². The summed E-state index contributed by atoms with van der Waals surface area (Å²) in [6, 6.07) is 14.1. The van der Waals surface area contributed by atoms with Gasteiger partial charge >= 0.3 is 0 Å². The third kappa shape index (κ3) is 6.54. The first-order valence-corrected chi connectivity index (χ1v) is 12.9. The van der Waals surface area contributed by atoms with Crippen molar-refractivity contribution in [3.63, 3.8) is 0 Å². The van der Waals surface area contributed by atoms with Crippen molar-refractivity contribution in [3.05, 3.63) is 53.6 Å². The fraction of sp³-hybridized carbons (Fsp3) is 0.500. The van der Waals surface area contributed by atoms with Gasteiger partial charge in [-0.3, -0.25) is 14.5 Å². The summed E-state index contributed by atoms with van der Waals surface area (Å²) in [5.41, 5.74) is 2.82. The fourth-order valence-electron chi connectivity index (χ4n) is 4.88. The van der Waals surface area contributed by atoms with Gasteiger partial charge in [0.25, 0.3) is 0 Å². The molecule has 1 saturated carbocycles. The van der Waals surface area contributed by atoms with E-state index in [1.807, 2.05) is 42.5 Å². The third-order valence-electron chi connectivity index (χ3n) is 7.12. The average Bonchev–Trinajstić information content (AvgIpc) is 3.69. The first kappa shape index (κ1) is 23.7. The van der Waals surface area contributed by atoms with E-state index >= 15 is 0 Å². The maximum atomic E-state index is 12.1. The number of benzene rings is 2. The topological polar surface area (TPSA) is 79.9 Å². The average molecular weight is 478 g/mol. The quantitative estimate of drug-likeness (QED) is 0.542. The smallest absolute Gasteiger partial charge is 0.224 e. The van der Waals surface area contributed by atoms with Gasteiger partial charge in [-0.15, -0.1) is 0 Å². The van der Waals surface area contributed by atoms with Crippen molar-refractivity contribution in [3.8, 4) is 11.5 Å². The minimum Gasteiger partial charge on any atom is -0.492 e. The first-order chi connectivity index (χ1) is 17.1. The van der Waals surface area contributed by atoms with Gasteiger partial charge in [0.05, 0.1) is 5.69 Å². The second-order valence-corrected chi connectivity index (χ2v) is 9.92. The molecule has 7 nitrogen and oxygen atoms in total. The third-order valence-corrected chi connectivity index (χ3v) is 7.12. The zero-order chi connectivity index (χ0) is 24.0. The molecule has 0 atom stereocenters. The second-order valence-electron chi connectivity index (χ2n) is 9.92. The molecule has 0 unspecified atom stereocenters. The van der Waals surface area contributed by atoms with Crippen LogP contribution in [-0.4, -0.2) is 49.0 Å². The molecule has 1 saturated heterocycles. The Kier molecular flexibility index (Phi) is 7.52. The highest BCUT2D eigenvalue weighted by Crippen LogP contribution is 2.39. The summed E-state index contributed by atoms with van der Waals surface area (Å²) in [5, 5.41) is 6.21. The van der Waals surface area contributed by atoms with Gasteiger partial charge in [-0.2, -0.15) is 0 Å². The van der Waals surface area contributed by atoms with Crippen molar-refractivity contribution in [2.24, 2.45) is 5.92 Å². The van der Waals surface area contributed by atoms with Gasteiger partial charge in [0.15, 0.2) is 0 Å². The molecule has 0 radical (unpaired) electrons. The lowest BCUT2D eigenvalue weighted by Crippen LogP contribution is -2.45. The van der Waals surface area contributed by atoms with Crippen LogP contribution in [0.3, 0.4) is 0 Å². The van der Waals surface area contributed by atoms with E-state index in [0.29, 0.717) is 50.2 Å². The molecule has 2 amide bonds. The molecule has 7 heteroatoms. The summed E-state index contributed by atoms with van der Waals surface area (Å²) in [6.45, 7) is 3.82. The minimum atomic E-state index is 0.00584. The maximum absolute atomic E-state index is 12.1. The van der Waals surface area contributed by atoms with Crippen LogP contribution in [0.15, 0.2) is 42.5 Å². The van der Waals surface area contributed by atoms with Crippen molar-refractivity contribution in [1.29, 1.82) is 0 Å². The van der Waals surface area contributed by atoms with Crippen molar-refractivity contribution < 1.29 is 19.1 Å². The molecule has 2 heterocycles. The van der Waals surface area contributed by atoms with Crippen LogP contribution in [0.4, 0.5) is 5.69 Å². The number of hydrogen-bond acceptors (Lipinski definition) is 5. The van der Waals surface area contributed by atoms with E-state index in [1.54, 1.807) is 0 Å². The van der Waals surface area contributed by atoms with Crippen LogP contribution in [0.2, 0.25) is 0 Å². The van der Waals surface area contributed by atoms with Crippen molar-refractivity contribution in [1.82, 2.24) is 10.2 Å². The lowest BCUT2D eigenvalue weighted by molar-refractivity contribution is -0.122. The number of carbonyl (C=O) groups excluding carboxylic acids is 2. The number of anilines is 1. The molecule has 2 aliphatic heterocycles. The Labute approximate surface area is 207 Å². The number of carbonyl (C=O) groups is 2. The summed E-state index contributed by atoms with van der Waals surface area (Å²) < 4.78 is 12.2. The molecular formula is C28H35N3O4. The number of amides is 2. The number of fused-ring (bicyclic) bond motifs is 1. The predicted molar refractivity (Wildman–Crippen MR) is 135 cm³/mol. The van der Waals surface area contributed by atoms with Gasteiger partial charge in [-0.25, -0.2) is 0 Å². The molecule has 1 aliphatic carbocycles. The number of rotatable bonds is 10. The molecule has 2 aromatic rings. The van der Waals surface area contributed by atoms with Crippen LogP contribution in [-0.2, 0) is 22.6 Å². The number of hydrogen-bond donors (Lipinski definition) is 2. The Balaban J connectivity index is 1.11. The Morgan fingerprint density at radius 1 is 0.971 bits per heavy atom. The van der Waals surface area contributed by atoms with E-state index < -0.39 is 0 Å². The van der Waals surface area contributed by atoms with Crippen molar-refractivity contribution in [2.75, 3.05) is 31.6 Å². The maximum Gasteiger partial charge on any atom is 0.224 e. The van der Waals surface area contributed by atoms with Gasteiger partial charge in [0.1, 0.15) is 24.7 Å². The zero-order valence-corrected chi connectivity index (χ0v) is 20.3. The number of likely N-dealkylation sites (tertiary alicyclic amines) is 1. The van der Waals surface area contributed by atoms with Crippen LogP contribution < -0.4 is 20.1 Å². The Bertz CT molecular complexity index is 1030. The Hall–Kier alpha value is -3.06. The fourth-order valence-corrected chi connectivity index (χ4v) is 4.88. The Morgan fingerprint density at radius 3 is 2.51 bits per heavy atom. The van der Waals surface area contributed by atoms with E-state index in [4.69, 9.17) is 9.47 Å². The number of piperidine rings is 1. The van der Waals surface area contributed by atoms with Gasteiger partial charge in [0.2, 0.25) is 11.8 Å². The van der Waals surface area contributed by atoms with Crippen LogP contribution in [0, 0.1) is 5.92 Å². The van der Waals surface area contributed by atoms with E-state index in [0.717, 1.165) is 55.0 Å². The summed E-state index contributed by atoms with van der Waals surface area (Å²) in [5.74, 6) is 2.36. The summed E-state index contributed by atoms with van der Waals surface area (Å²) >= 11 is 0. The van der Waals surface area contributed by atoms with Crippen LogP contribution in [0.25, 0.3) is 0 Å². The lowest BCUT2D eigenvalue weighted by atomic mass is 10.0. The summed E-state index contributed by atoms with van der Waals surface area (Å²) in [7, 11) is 0. The van der Waals surface area contributed by atoms with Gasteiger partial charge in [-0.1, -0.05) is 30.3 Å². The Morgan fingerprint density at radius 2 is 1.74 bits per heavy atom. The molecule has 35 heavy (non-hydrogen) atoms. The highest BCUT2D eigenvalue weighted by molar-refractivity contribution is 5.96. The molecule has 5 rings (SSSR count). The van der Waals surface area contributed by atoms with E-state index in [2.05, 4.69) is 15.5 Å². The number of ether oxygens (including phenoxy) is 2. The second kappa shape index (κ2) is 11.1. The number of nitrogens with zero attached hydrogens (tertiary/aromatic N) is 1. The molecule has 3 aliphatic rings. The molecule has 2 fully saturated rings. The van der Waals surface area contributed by atoms with Crippen LogP contribution in [0.1, 0.15) is 49.7 Å². The molecule has 0 spiro atoms.